The smallest absolute Gasteiger partial charge is 0.0729 e. The largest absolute Gasteiger partial charge is 0.555 e. The van der Waals surface area contributed by atoms with Gasteiger partial charge in [0.2, 0.25) is 0 Å². The molecule has 0 N–H and O–H groups in total. The lowest BCUT2D eigenvalue weighted by molar-refractivity contribution is 0.289. The highest BCUT2D eigenvalue weighted by atomic mass is 32.7. The molecular weight excluding hydrogens is 334 g/mol. The van der Waals surface area contributed by atoms with Crippen LogP contribution in [-0.2, 0) is 12.2 Å². The topological polar surface area (TPSA) is 0 Å². The molecule has 4 atom stereocenters. The molecule has 2 fully saturated rings. The van der Waals surface area contributed by atoms with Crippen molar-refractivity contribution < 1.29 is 0 Å². The predicted octanol–water partition coefficient (Wildman–Crippen LogP) is 7.49. The highest BCUT2D eigenvalue weighted by Gasteiger charge is 2.62. The van der Waals surface area contributed by atoms with E-state index in [-0.39, 0.29) is 7.92 Å². The molecule has 0 aromatic heterocycles. The maximum Gasteiger partial charge on any atom is 0.0729 e. The second-order valence-corrected chi connectivity index (χ2v) is 21.2. The van der Waals surface area contributed by atoms with Crippen LogP contribution in [0.25, 0.3) is 0 Å². The Hall–Kier alpha value is 1.21. The molecule has 2 aliphatic rings. The summed E-state index contributed by atoms with van der Waals surface area (Å²) in [5, 5.41) is 2.00. The van der Waals surface area contributed by atoms with Crippen LogP contribution in [0.15, 0.2) is 0 Å². The summed E-state index contributed by atoms with van der Waals surface area (Å²) in [5.74, 6) is 1.90. The highest BCUT2D eigenvalue weighted by molar-refractivity contribution is 8.44. The SMILES string of the molecule is CC(C)(C)P([C@@H]1[C@H]2CCCC[C@@H]2C[P+]1([S-])C(C)(C)C)C(C)(C)C. The van der Waals surface area contributed by atoms with Crippen molar-refractivity contribution in [2.24, 2.45) is 11.8 Å². The van der Waals surface area contributed by atoms with Crippen molar-refractivity contribution in [2.75, 3.05) is 6.16 Å². The average Bonchev–Trinajstić information content (AvgIpc) is 2.60. The van der Waals surface area contributed by atoms with Crippen molar-refractivity contribution in [3.8, 4) is 0 Å². The van der Waals surface area contributed by atoms with Gasteiger partial charge in [-0.25, -0.2) is 0 Å². The van der Waals surface area contributed by atoms with Gasteiger partial charge in [0.05, 0.1) is 10.6 Å². The second kappa shape index (κ2) is 6.43. The summed E-state index contributed by atoms with van der Waals surface area (Å²) >= 11 is 6.68. The lowest BCUT2D eigenvalue weighted by Crippen LogP contribution is -2.38. The Kier molecular flexibility index (Phi) is 5.73. The van der Waals surface area contributed by atoms with Gasteiger partial charge in [-0.3, -0.25) is 0 Å². The Labute approximate surface area is 153 Å². The molecule has 1 saturated carbocycles. The van der Waals surface area contributed by atoms with Crippen LogP contribution >= 0.6 is 14.4 Å². The fourth-order valence-corrected chi connectivity index (χ4v) is 20.3. The number of hydrogen-bond donors (Lipinski definition) is 0. The normalized spacial score (nSPS) is 36.4. The van der Waals surface area contributed by atoms with Crippen LogP contribution < -0.4 is 0 Å². The van der Waals surface area contributed by atoms with Gasteiger partial charge in [-0.2, -0.15) is 0 Å². The van der Waals surface area contributed by atoms with Gasteiger partial charge in [-0.15, -0.1) is 0 Å². The van der Waals surface area contributed by atoms with Crippen LogP contribution in [-0.4, -0.2) is 27.0 Å². The zero-order chi connectivity index (χ0) is 17.8. The predicted molar refractivity (Wildman–Crippen MR) is 115 cm³/mol. The quantitative estimate of drug-likeness (QED) is 0.338. The van der Waals surface area contributed by atoms with E-state index >= 15 is 0 Å². The van der Waals surface area contributed by atoms with Crippen LogP contribution in [0.1, 0.15) is 88.0 Å². The van der Waals surface area contributed by atoms with Crippen LogP contribution in [0.4, 0.5) is 0 Å². The molecule has 136 valence electrons. The zero-order valence-electron chi connectivity index (χ0n) is 17.1. The van der Waals surface area contributed by atoms with Gasteiger partial charge in [-0.05, 0) is 49.8 Å². The third-order valence-corrected chi connectivity index (χ3v) is 19.6. The van der Waals surface area contributed by atoms with Gasteiger partial charge >= 0.3 is 0 Å². The summed E-state index contributed by atoms with van der Waals surface area (Å²) in [6.45, 7) is 21.1. The fourth-order valence-electron chi connectivity index (χ4n) is 5.47. The summed E-state index contributed by atoms with van der Waals surface area (Å²) in [4.78, 5) is 0. The Morgan fingerprint density at radius 2 is 1.30 bits per heavy atom. The van der Waals surface area contributed by atoms with Crippen LogP contribution in [0.3, 0.4) is 0 Å². The van der Waals surface area contributed by atoms with E-state index in [1.54, 1.807) is 0 Å². The molecule has 1 aliphatic carbocycles. The molecular formula is C20H40P2S. The first-order chi connectivity index (χ1) is 10.2. The fraction of sp³-hybridized carbons (Fsp3) is 1.00. The lowest BCUT2D eigenvalue weighted by atomic mass is 9.82. The third-order valence-electron chi connectivity index (χ3n) is 6.13. The van der Waals surface area contributed by atoms with E-state index in [9.17, 15) is 0 Å². The van der Waals surface area contributed by atoms with E-state index in [0.717, 1.165) is 17.2 Å². The van der Waals surface area contributed by atoms with Crippen LogP contribution in [0.5, 0.6) is 0 Å². The minimum atomic E-state index is -1.36. The first-order valence-corrected chi connectivity index (χ1v) is 14.0. The van der Waals surface area contributed by atoms with Gasteiger partial charge in [0.25, 0.3) is 0 Å². The molecule has 1 saturated heterocycles. The molecule has 0 aromatic carbocycles. The molecule has 0 bridgehead atoms. The Morgan fingerprint density at radius 1 is 0.826 bits per heavy atom. The van der Waals surface area contributed by atoms with Crippen LogP contribution in [0, 0.1) is 11.8 Å². The number of rotatable bonds is 1. The average molecular weight is 375 g/mol. The third kappa shape index (κ3) is 3.83. The van der Waals surface area contributed by atoms with E-state index in [1.807, 2.05) is 0 Å². The highest BCUT2D eigenvalue weighted by Crippen LogP contribution is 2.88. The van der Waals surface area contributed by atoms with E-state index in [2.05, 4.69) is 62.3 Å². The first-order valence-electron chi connectivity index (χ1n) is 9.58. The molecule has 0 amide bonds. The second-order valence-electron chi connectivity index (χ2n) is 11.0. The Balaban J connectivity index is 2.56. The van der Waals surface area contributed by atoms with Gasteiger partial charge in [-0.1, -0.05) is 68.8 Å². The minimum absolute atomic E-state index is 0.0945. The molecule has 0 nitrogen and oxygen atoms in total. The molecule has 0 aromatic rings. The Bertz CT molecular complexity index is 412. The van der Waals surface area contributed by atoms with Crippen molar-refractivity contribution in [1.29, 1.82) is 0 Å². The van der Waals surface area contributed by atoms with Gasteiger partial charge in [0, 0.05) is 12.1 Å². The van der Waals surface area contributed by atoms with Crippen molar-refractivity contribution >= 4 is 26.6 Å². The maximum atomic E-state index is 6.68. The zero-order valence-corrected chi connectivity index (χ0v) is 19.7. The Morgan fingerprint density at radius 3 is 1.74 bits per heavy atom. The van der Waals surface area contributed by atoms with Crippen molar-refractivity contribution in [3.63, 3.8) is 0 Å². The minimum Gasteiger partial charge on any atom is -0.555 e. The van der Waals surface area contributed by atoms with E-state index in [0.29, 0.717) is 15.5 Å². The molecule has 3 heteroatoms. The number of hydrogen-bond acceptors (Lipinski definition) is 1. The molecule has 0 radical (unpaired) electrons. The maximum absolute atomic E-state index is 6.68. The van der Waals surface area contributed by atoms with Crippen molar-refractivity contribution in [1.82, 2.24) is 0 Å². The van der Waals surface area contributed by atoms with Gasteiger partial charge in [0.15, 0.2) is 0 Å². The van der Waals surface area contributed by atoms with Crippen molar-refractivity contribution in [2.45, 2.75) is 109 Å². The summed E-state index contributed by atoms with van der Waals surface area (Å²) in [6, 6.07) is 0. The van der Waals surface area contributed by atoms with Gasteiger partial charge in [0.1, 0.15) is 0 Å². The van der Waals surface area contributed by atoms with Crippen molar-refractivity contribution in [3.05, 3.63) is 0 Å². The molecule has 1 unspecified atom stereocenters. The molecule has 0 spiro atoms. The lowest BCUT2D eigenvalue weighted by Gasteiger charge is -2.55. The first kappa shape index (κ1) is 20.5. The standard InChI is InChI=1S/C20H40P2S/c1-18(2,3)21(19(4,5)6)17-16-13-11-10-12-15(16)14-22(17,23)20(7,8)9/h15-17H,10-14H2,1-9H3/t15-,16+,17+,22?/m1/s1. The van der Waals surface area contributed by atoms with E-state index in [4.69, 9.17) is 12.2 Å². The van der Waals surface area contributed by atoms with Crippen LogP contribution in [0.2, 0.25) is 0 Å². The monoisotopic (exact) mass is 374 g/mol. The van der Waals surface area contributed by atoms with Gasteiger partial charge < -0.3 is 12.2 Å². The summed E-state index contributed by atoms with van der Waals surface area (Å²) in [5.41, 5.74) is 0. The summed E-state index contributed by atoms with van der Waals surface area (Å²) < 4.78 is 0. The molecule has 1 heterocycles. The summed E-state index contributed by atoms with van der Waals surface area (Å²) in [7, 11) is -0.0945. The molecule has 23 heavy (non-hydrogen) atoms. The summed E-state index contributed by atoms with van der Waals surface area (Å²) in [6.07, 6.45) is 7.25. The van der Waals surface area contributed by atoms with E-state index in [1.165, 1.54) is 31.8 Å². The van der Waals surface area contributed by atoms with E-state index < -0.39 is 6.46 Å². The molecule has 2 rings (SSSR count). The molecule has 1 aliphatic heterocycles. The number of fused-ring (bicyclic) bond motifs is 1.